The van der Waals surface area contributed by atoms with E-state index in [4.69, 9.17) is 9.15 Å². The van der Waals surface area contributed by atoms with Crippen LogP contribution in [0.15, 0.2) is 46.9 Å². The van der Waals surface area contributed by atoms with Gasteiger partial charge in [0, 0.05) is 11.8 Å². The number of hydrogen-bond donors (Lipinski definition) is 1. The average Bonchev–Trinajstić information content (AvgIpc) is 3.07. The number of furan rings is 1. The third kappa shape index (κ3) is 6.10. The zero-order valence-corrected chi connectivity index (χ0v) is 15.2. The molecule has 2 rings (SSSR count). The van der Waals surface area contributed by atoms with Crippen LogP contribution in [0.4, 0.5) is 11.6 Å². The minimum atomic E-state index is -0.771. The largest absolute Gasteiger partial charge is 0.452 e. The highest BCUT2D eigenvalue weighted by molar-refractivity contribution is 5.94. The van der Waals surface area contributed by atoms with Crippen LogP contribution in [-0.2, 0) is 19.7 Å². The number of benzene rings is 1. The fourth-order valence-electron chi connectivity index (χ4n) is 2.12. The van der Waals surface area contributed by atoms with Crippen molar-refractivity contribution in [2.75, 3.05) is 11.9 Å². The Morgan fingerprint density at radius 3 is 2.41 bits per heavy atom. The molecular formula is C19H20N2O6. The maximum Gasteiger partial charge on any atom is 0.433 e. The van der Waals surface area contributed by atoms with Crippen molar-refractivity contribution < 1.29 is 23.7 Å². The predicted octanol–water partition coefficient (Wildman–Crippen LogP) is 3.68. The summed E-state index contributed by atoms with van der Waals surface area (Å²) in [5.41, 5.74) is 1.75. The molecule has 1 N–H and O–H groups in total. The van der Waals surface area contributed by atoms with E-state index in [0.29, 0.717) is 5.69 Å². The summed E-state index contributed by atoms with van der Waals surface area (Å²) in [5.74, 6) is -1.55. The Morgan fingerprint density at radius 2 is 1.85 bits per heavy atom. The number of ether oxygens (including phenoxy) is 1. The number of nitrogens with zero attached hydrogens (tertiary/aromatic N) is 1. The van der Waals surface area contributed by atoms with Gasteiger partial charge in [-0.05, 0) is 35.3 Å². The number of hydrogen-bond acceptors (Lipinski definition) is 6. The van der Waals surface area contributed by atoms with Gasteiger partial charge in [0.15, 0.2) is 6.61 Å². The van der Waals surface area contributed by atoms with Crippen molar-refractivity contribution in [3.05, 3.63) is 63.9 Å². The highest BCUT2D eigenvalue weighted by atomic mass is 16.6. The number of esters is 1. The lowest BCUT2D eigenvalue weighted by Crippen LogP contribution is -2.20. The third-order valence-electron chi connectivity index (χ3n) is 3.56. The van der Waals surface area contributed by atoms with E-state index >= 15 is 0 Å². The summed E-state index contributed by atoms with van der Waals surface area (Å²) in [6.07, 6.45) is 2.24. The first-order valence-electron chi connectivity index (χ1n) is 8.14. The monoisotopic (exact) mass is 372 g/mol. The lowest BCUT2D eigenvalue weighted by atomic mass is 9.87. The second-order valence-corrected chi connectivity index (χ2v) is 6.75. The lowest BCUT2D eigenvalue weighted by molar-refractivity contribution is -0.402. The SMILES string of the molecule is CC(C)(C)c1ccc(NC(=O)COC(=O)/C=C/c2ccc([N+](=O)[O-])o2)cc1. The van der Waals surface area contributed by atoms with E-state index in [9.17, 15) is 19.7 Å². The number of rotatable bonds is 6. The van der Waals surface area contributed by atoms with Crippen LogP contribution in [0, 0.1) is 10.1 Å². The van der Waals surface area contributed by atoms with Crippen molar-refractivity contribution in [1.82, 2.24) is 0 Å². The summed E-state index contributed by atoms with van der Waals surface area (Å²) < 4.78 is 9.68. The Bertz CT molecular complexity index is 859. The van der Waals surface area contributed by atoms with E-state index in [1.54, 1.807) is 12.1 Å². The molecule has 1 aromatic carbocycles. The number of nitrogens with one attached hydrogen (secondary N) is 1. The van der Waals surface area contributed by atoms with Gasteiger partial charge in [-0.2, -0.15) is 0 Å². The maximum absolute atomic E-state index is 11.8. The highest BCUT2D eigenvalue weighted by Gasteiger charge is 2.14. The van der Waals surface area contributed by atoms with Crippen molar-refractivity contribution >= 4 is 29.5 Å². The van der Waals surface area contributed by atoms with Crippen LogP contribution in [0.3, 0.4) is 0 Å². The summed E-state index contributed by atoms with van der Waals surface area (Å²) in [6.45, 7) is 5.82. The van der Waals surface area contributed by atoms with Crippen LogP contribution in [0.1, 0.15) is 32.1 Å². The fourth-order valence-corrected chi connectivity index (χ4v) is 2.12. The van der Waals surface area contributed by atoms with Gasteiger partial charge in [-0.3, -0.25) is 14.9 Å². The number of amides is 1. The quantitative estimate of drug-likeness (QED) is 0.358. The molecule has 0 aliphatic heterocycles. The van der Waals surface area contributed by atoms with Crippen LogP contribution >= 0.6 is 0 Å². The second kappa shape index (κ2) is 8.31. The molecule has 0 saturated carbocycles. The van der Waals surface area contributed by atoms with E-state index in [1.807, 2.05) is 12.1 Å². The number of carbonyl (C=O) groups excluding carboxylic acids is 2. The number of nitro groups is 1. The minimum Gasteiger partial charge on any atom is -0.452 e. The molecule has 8 nitrogen and oxygen atoms in total. The molecule has 8 heteroatoms. The van der Waals surface area contributed by atoms with Gasteiger partial charge in [0.1, 0.15) is 10.7 Å². The molecule has 0 fully saturated rings. The minimum absolute atomic E-state index is 0.0127. The van der Waals surface area contributed by atoms with E-state index < -0.39 is 29.3 Å². The summed E-state index contributed by atoms with van der Waals surface area (Å²) in [6, 6.07) is 9.92. The molecule has 0 radical (unpaired) electrons. The first-order chi connectivity index (χ1) is 12.6. The predicted molar refractivity (Wildman–Crippen MR) is 99.1 cm³/mol. The summed E-state index contributed by atoms with van der Waals surface area (Å²) in [7, 11) is 0. The van der Waals surface area contributed by atoms with E-state index in [1.165, 1.54) is 18.2 Å². The van der Waals surface area contributed by atoms with Crippen LogP contribution in [-0.4, -0.2) is 23.4 Å². The number of carbonyl (C=O) groups is 2. The fraction of sp³-hybridized carbons (Fsp3) is 0.263. The molecule has 0 bridgehead atoms. The van der Waals surface area contributed by atoms with Crippen LogP contribution in [0.2, 0.25) is 0 Å². The van der Waals surface area contributed by atoms with Gasteiger partial charge in [-0.1, -0.05) is 32.9 Å². The average molecular weight is 372 g/mol. The summed E-state index contributed by atoms with van der Waals surface area (Å²) in [4.78, 5) is 33.3. The van der Waals surface area contributed by atoms with Gasteiger partial charge < -0.3 is 14.5 Å². The summed E-state index contributed by atoms with van der Waals surface area (Å²) in [5, 5.41) is 13.1. The normalized spacial score (nSPS) is 11.4. The zero-order valence-electron chi connectivity index (χ0n) is 15.2. The van der Waals surface area contributed by atoms with Gasteiger partial charge in [-0.25, -0.2) is 4.79 Å². The van der Waals surface area contributed by atoms with Crippen molar-refractivity contribution in [3.63, 3.8) is 0 Å². The molecule has 27 heavy (non-hydrogen) atoms. The van der Waals surface area contributed by atoms with Crippen molar-refractivity contribution in [2.45, 2.75) is 26.2 Å². The Labute approximate surface area is 156 Å². The van der Waals surface area contributed by atoms with Crippen LogP contribution in [0.25, 0.3) is 6.08 Å². The second-order valence-electron chi connectivity index (χ2n) is 6.75. The van der Waals surface area contributed by atoms with Gasteiger partial charge in [0.05, 0.1) is 6.07 Å². The molecule has 0 spiro atoms. The standard InChI is InChI=1S/C19H20N2O6/c1-19(2,3)13-4-6-14(7-5-13)20-16(22)12-26-18(23)11-9-15-8-10-17(27-15)21(24)25/h4-11H,12H2,1-3H3,(H,20,22)/b11-9+. The van der Waals surface area contributed by atoms with Gasteiger partial charge in [0.2, 0.25) is 0 Å². The van der Waals surface area contributed by atoms with Crippen molar-refractivity contribution in [1.29, 1.82) is 0 Å². The van der Waals surface area contributed by atoms with Gasteiger partial charge in [-0.15, -0.1) is 0 Å². The Hall–Kier alpha value is -3.42. The zero-order chi connectivity index (χ0) is 20.0. The van der Waals surface area contributed by atoms with Crippen molar-refractivity contribution in [3.8, 4) is 0 Å². The Balaban J connectivity index is 1.81. The maximum atomic E-state index is 11.8. The van der Waals surface area contributed by atoms with E-state index in [-0.39, 0.29) is 11.2 Å². The number of anilines is 1. The topological polar surface area (TPSA) is 112 Å². The van der Waals surface area contributed by atoms with Crippen LogP contribution < -0.4 is 5.32 Å². The van der Waals surface area contributed by atoms with E-state index in [2.05, 4.69) is 26.1 Å². The molecule has 0 aliphatic carbocycles. The molecule has 1 amide bonds. The molecule has 1 heterocycles. The molecule has 2 aromatic rings. The molecule has 0 saturated heterocycles. The molecule has 0 unspecified atom stereocenters. The molecule has 142 valence electrons. The molecule has 1 aromatic heterocycles. The third-order valence-corrected chi connectivity index (χ3v) is 3.56. The smallest absolute Gasteiger partial charge is 0.433 e. The lowest BCUT2D eigenvalue weighted by Gasteiger charge is -2.19. The van der Waals surface area contributed by atoms with Gasteiger partial charge >= 0.3 is 11.9 Å². The molecule has 0 atom stereocenters. The Morgan fingerprint density at radius 1 is 1.19 bits per heavy atom. The van der Waals surface area contributed by atoms with Gasteiger partial charge in [0.25, 0.3) is 5.91 Å². The first kappa shape index (κ1) is 19.9. The van der Waals surface area contributed by atoms with Crippen LogP contribution in [0.5, 0.6) is 0 Å². The van der Waals surface area contributed by atoms with E-state index in [0.717, 1.165) is 11.6 Å². The Kier molecular flexibility index (Phi) is 6.12. The molecular weight excluding hydrogens is 352 g/mol. The molecule has 0 aliphatic rings. The van der Waals surface area contributed by atoms with Crippen molar-refractivity contribution in [2.24, 2.45) is 0 Å². The summed E-state index contributed by atoms with van der Waals surface area (Å²) >= 11 is 0. The first-order valence-corrected chi connectivity index (χ1v) is 8.14. The highest BCUT2D eigenvalue weighted by Crippen LogP contribution is 2.23.